The number of halogens is 2. The van der Waals surface area contributed by atoms with Gasteiger partial charge in [-0.3, -0.25) is 10.2 Å². The van der Waals surface area contributed by atoms with Crippen molar-refractivity contribution < 1.29 is 13.9 Å². The lowest BCUT2D eigenvalue weighted by atomic mass is 10.2. The third-order valence-electron chi connectivity index (χ3n) is 2.09. The van der Waals surface area contributed by atoms with Gasteiger partial charge in [0.25, 0.3) is 5.91 Å². The molecule has 0 heterocycles. The lowest BCUT2D eigenvalue weighted by Crippen LogP contribution is -2.27. The Kier molecular flexibility index (Phi) is 6.12. The number of nitrogens with two attached hydrogens (primary N) is 1. The van der Waals surface area contributed by atoms with Crippen LogP contribution in [-0.2, 0) is 4.79 Å². The maximum atomic E-state index is 13.5. The summed E-state index contributed by atoms with van der Waals surface area (Å²) in [6.45, 7) is -0.233. The molecule has 1 amide bonds. The van der Waals surface area contributed by atoms with Gasteiger partial charge >= 0.3 is 0 Å². The molecule has 0 saturated heterocycles. The second kappa shape index (κ2) is 6.80. The van der Waals surface area contributed by atoms with Crippen molar-refractivity contribution in [2.24, 2.45) is 5.73 Å². The number of ether oxygens (including phenoxy) is 1. The molecule has 0 fully saturated rings. The van der Waals surface area contributed by atoms with E-state index in [-0.39, 0.29) is 42.1 Å². The molecule has 0 unspecified atom stereocenters. The first-order valence-electron chi connectivity index (χ1n) is 4.88. The number of amides is 1. The van der Waals surface area contributed by atoms with Crippen molar-refractivity contribution in [2.75, 3.05) is 20.7 Å². The molecule has 7 heteroatoms. The molecule has 0 spiro atoms. The molecule has 1 aromatic carbocycles. The number of carbonyl (C=O) groups excluding carboxylic acids is 1. The van der Waals surface area contributed by atoms with Gasteiger partial charge in [-0.1, -0.05) is 0 Å². The predicted molar refractivity (Wildman–Crippen MR) is 68.9 cm³/mol. The molecule has 0 aromatic heterocycles. The van der Waals surface area contributed by atoms with Crippen LogP contribution in [0.25, 0.3) is 0 Å². The Balaban J connectivity index is 0.00000289. The molecule has 18 heavy (non-hydrogen) atoms. The number of likely N-dealkylation sites (N-methyl/N-ethyl adjacent to an activating group) is 1. The smallest absolute Gasteiger partial charge is 0.259 e. The lowest BCUT2D eigenvalue weighted by molar-refractivity contribution is -0.130. The van der Waals surface area contributed by atoms with Crippen LogP contribution >= 0.6 is 12.4 Å². The summed E-state index contributed by atoms with van der Waals surface area (Å²) in [6.07, 6.45) is 0. The molecule has 1 rings (SSSR count). The maximum Gasteiger partial charge on any atom is 0.259 e. The van der Waals surface area contributed by atoms with Gasteiger partial charge in [-0.25, -0.2) is 4.39 Å². The molecule has 100 valence electrons. The summed E-state index contributed by atoms with van der Waals surface area (Å²) in [4.78, 5) is 12.6. The molecular weight excluding hydrogens is 261 g/mol. The van der Waals surface area contributed by atoms with Gasteiger partial charge in [0.2, 0.25) is 0 Å². The van der Waals surface area contributed by atoms with Gasteiger partial charge < -0.3 is 15.4 Å². The highest BCUT2D eigenvalue weighted by molar-refractivity contribution is 5.95. The third kappa shape index (κ3) is 4.21. The summed E-state index contributed by atoms with van der Waals surface area (Å²) >= 11 is 0. The summed E-state index contributed by atoms with van der Waals surface area (Å²) in [5.74, 6) is -1.17. The van der Waals surface area contributed by atoms with E-state index in [2.05, 4.69) is 0 Å². The van der Waals surface area contributed by atoms with Crippen molar-refractivity contribution in [1.29, 1.82) is 5.41 Å². The first-order valence-corrected chi connectivity index (χ1v) is 4.88. The number of hydrogen-bond donors (Lipinski definition) is 2. The van der Waals surface area contributed by atoms with Crippen LogP contribution in [0.15, 0.2) is 18.2 Å². The van der Waals surface area contributed by atoms with Gasteiger partial charge in [-0.05, 0) is 18.2 Å². The summed E-state index contributed by atoms with van der Waals surface area (Å²) in [7, 11) is 3.17. The van der Waals surface area contributed by atoms with Crippen molar-refractivity contribution in [3.05, 3.63) is 29.6 Å². The molecule has 0 atom stereocenters. The van der Waals surface area contributed by atoms with E-state index < -0.39 is 5.82 Å². The highest BCUT2D eigenvalue weighted by Crippen LogP contribution is 2.18. The SMILES string of the molecule is CN(C)C(=O)COc1ccc(C(=N)N)cc1F.Cl. The average Bonchev–Trinajstić information content (AvgIpc) is 2.26. The van der Waals surface area contributed by atoms with E-state index in [0.717, 1.165) is 6.07 Å². The fourth-order valence-corrected chi connectivity index (χ4v) is 1.05. The zero-order valence-electron chi connectivity index (χ0n) is 10.1. The van der Waals surface area contributed by atoms with Gasteiger partial charge in [0.1, 0.15) is 5.84 Å². The first-order chi connectivity index (χ1) is 7.91. The minimum absolute atomic E-state index is 0. The van der Waals surface area contributed by atoms with Crippen molar-refractivity contribution in [3.8, 4) is 5.75 Å². The number of carbonyl (C=O) groups is 1. The Morgan fingerprint density at radius 3 is 2.56 bits per heavy atom. The molecule has 1 aromatic rings. The minimum Gasteiger partial charge on any atom is -0.481 e. The molecule has 0 aliphatic rings. The van der Waals surface area contributed by atoms with Gasteiger partial charge in [0.05, 0.1) is 0 Å². The van der Waals surface area contributed by atoms with Crippen LogP contribution in [0.4, 0.5) is 4.39 Å². The Morgan fingerprint density at radius 1 is 1.50 bits per heavy atom. The second-order valence-electron chi connectivity index (χ2n) is 3.64. The molecule has 0 aliphatic heterocycles. The fraction of sp³-hybridized carbons (Fsp3) is 0.273. The van der Waals surface area contributed by atoms with Crippen molar-refractivity contribution >= 4 is 24.1 Å². The first kappa shape index (κ1) is 16.2. The van der Waals surface area contributed by atoms with E-state index in [1.807, 2.05) is 0 Å². The number of amidine groups is 1. The Hall–Kier alpha value is -1.82. The number of hydrogen-bond acceptors (Lipinski definition) is 3. The van der Waals surface area contributed by atoms with Crippen molar-refractivity contribution in [1.82, 2.24) is 4.90 Å². The Morgan fingerprint density at radius 2 is 2.11 bits per heavy atom. The van der Waals surface area contributed by atoms with Crippen LogP contribution in [0.1, 0.15) is 5.56 Å². The molecule has 0 radical (unpaired) electrons. The number of benzene rings is 1. The van der Waals surface area contributed by atoms with E-state index in [4.69, 9.17) is 15.9 Å². The lowest BCUT2D eigenvalue weighted by Gasteiger charge is -2.12. The molecule has 3 N–H and O–H groups in total. The van der Waals surface area contributed by atoms with Crippen LogP contribution in [-0.4, -0.2) is 37.3 Å². The topological polar surface area (TPSA) is 79.4 Å². The van der Waals surface area contributed by atoms with Gasteiger partial charge in [-0.2, -0.15) is 0 Å². The quantitative estimate of drug-likeness (QED) is 0.635. The van der Waals surface area contributed by atoms with Crippen molar-refractivity contribution in [2.45, 2.75) is 0 Å². The summed E-state index contributed by atoms with van der Waals surface area (Å²) in [5.41, 5.74) is 5.48. The molecule has 0 saturated carbocycles. The summed E-state index contributed by atoms with van der Waals surface area (Å²) in [5, 5.41) is 7.14. The highest BCUT2D eigenvalue weighted by Gasteiger charge is 2.09. The standard InChI is InChI=1S/C11H14FN3O2.ClH/c1-15(2)10(16)6-17-9-4-3-7(11(13)14)5-8(9)12;/h3-5H,6H2,1-2H3,(H3,13,14);1H. The van der Waals surface area contributed by atoms with Crippen LogP contribution < -0.4 is 10.5 Å². The average molecular weight is 276 g/mol. The van der Waals surface area contributed by atoms with E-state index in [9.17, 15) is 9.18 Å². The molecule has 0 bridgehead atoms. The van der Waals surface area contributed by atoms with Gasteiger partial charge in [-0.15, -0.1) is 12.4 Å². The van der Waals surface area contributed by atoms with Crippen LogP contribution in [0.3, 0.4) is 0 Å². The zero-order valence-corrected chi connectivity index (χ0v) is 10.9. The monoisotopic (exact) mass is 275 g/mol. The normalized spacial score (nSPS) is 9.28. The Bertz CT molecular complexity index is 452. The molecule has 0 aliphatic carbocycles. The second-order valence-corrected chi connectivity index (χ2v) is 3.64. The van der Waals surface area contributed by atoms with Crippen LogP contribution in [0.5, 0.6) is 5.75 Å². The number of rotatable bonds is 4. The zero-order chi connectivity index (χ0) is 13.0. The fourth-order valence-electron chi connectivity index (χ4n) is 1.05. The summed E-state index contributed by atoms with van der Waals surface area (Å²) in [6, 6.07) is 3.90. The highest BCUT2D eigenvalue weighted by atomic mass is 35.5. The number of nitrogen functional groups attached to an aromatic ring is 1. The maximum absolute atomic E-state index is 13.5. The Labute approximate surface area is 111 Å². The van der Waals surface area contributed by atoms with E-state index in [0.29, 0.717) is 0 Å². The molecule has 5 nitrogen and oxygen atoms in total. The number of nitrogens with zero attached hydrogens (tertiary/aromatic N) is 1. The minimum atomic E-state index is -0.649. The third-order valence-corrected chi connectivity index (χ3v) is 2.09. The van der Waals surface area contributed by atoms with Gasteiger partial charge in [0, 0.05) is 19.7 Å². The van der Waals surface area contributed by atoms with Crippen LogP contribution in [0, 0.1) is 11.2 Å². The number of nitrogens with one attached hydrogen (secondary N) is 1. The summed E-state index contributed by atoms with van der Waals surface area (Å²) < 4.78 is 18.5. The van der Waals surface area contributed by atoms with Gasteiger partial charge in [0.15, 0.2) is 18.2 Å². The van der Waals surface area contributed by atoms with Crippen molar-refractivity contribution in [3.63, 3.8) is 0 Å². The largest absolute Gasteiger partial charge is 0.481 e. The van der Waals surface area contributed by atoms with E-state index in [1.54, 1.807) is 14.1 Å². The predicted octanol–water partition coefficient (Wildman–Crippen LogP) is 0.999. The van der Waals surface area contributed by atoms with Crippen LogP contribution in [0.2, 0.25) is 0 Å². The molecular formula is C11H15ClFN3O2. The van der Waals surface area contributed by atoms with E-state index >= 15 is 0 Å². The van der Waals surface area contributed by atoms with E-state index in [1.165, 1.54) is 17.0 Å².